The van der Waals surface area contributed by atoms with Crippen molar-refractivity contribution in [2.24, 2.45) is 5.73 Å². The minimum absolute atomic E-state index is 0.342. The standard InChI is InChI=1S/C9H15N3OS2/c1-6-4-14-8(12-6)15-5-9(2,11-3)7(10)13/h4,11H,5H2,1-3H3,(H2,10,13). The summed E-state index contributed by atoms with van der Waals surface area (Å²) in [6.45, 7) is 3.74. The Hall–Kier alpha value is -0.590. The number of nitrogens with two attached hydrogens (primary N) is 1. The Morgan fingerprint density at radius 2 is 2.47 bits per heavy atom. The van der Waals surface area contributed by atoms with Crippen LogP contribution >= 0.6 is 23.1 Å². The average molecular weight is 245 g/mol. The molecular weight excluding hydrogens is 230 g/mol. The van der Waals surface area contributed by atoms with Crippen molar-refractivity contribution in [2.75, 3.05) is 12.8 Å². The second-order valence-electron chi connectivity index (χ2n) is 3.49. The van der Waals surface area contributed by atoms with E-state index in [1.54, 1.807) is 37.1 Å². The summed E-state index contributed by atoms with van der Waals surface area (Å²) in [6.07, 6.45) is 0. The minimum atomic E-state index is -0.676. The average Bonchev–Trinajstić information content (AvgIpc) is 2.60. The van der Waals surface area contributed by atoms with Gasteiger partial charge in [0.2, 0.25) is 5.91 Å². The Morgan fingerprint density at radius 3 is 2.87 bits per heavy atom. The van der Waals surface area contributed by atoms with E-state index >= 15 is 0 Å². The first-order chi connectivity index (χ1) is 6.98. The molecule has 3 N–H and O–H groups in total. The third kappa shape index (κ3) is 3.19. The Kier molecular flexibility index (Phi) is 4.12. The van der Waals surface area contributed by atoms with Gasteiger partial charge in [-0.3, -0.25) is 4.79 Å². The smallest absolute Gasteiger partial charge is 0.238 e. The second-order valence-corrected chi connectivity index (χ2v) is 5.57. The maximum Gasteiger partial charge on any atom is 0.238 e. The SMILES string of the molecule is CNC(C)(CSc1nc(C)cs1)C(N)=O. The van der Waals surface area contributed by atoms with Crippen molar-refractivity contribution in [3.05, 3.63) is 11.1 Å². The van der Waals surface area contributed by atoms with Crippen LogP contribution in [0.4, 0.5) is 0 Å². The van der Waals surface area contributed by atoms with E-state index in [1.165, 1.54) is 0 Å². The van der Waals surface area contributed by atoms with Crippen molar-refractivity contribution in [3.8, 4) is 0 Å². The lowest BCUT2D eigenvalue weighted by Gasteiger charge is -2.24. The number of thioether (sulfide) groups is 1. The predicted octanol–water partition coefficient (Wildman–Crippen LogP) is 1.01. The fourth-order valence-electron chi connectivity index (χ4n) is 0.871. The number of amides is 1. The van der Waals surface area contributed by atoms with E-state index in [0.29, 0.717) is 5.75 Å². The van der Waals surface area contributed by atoms with E-state index in [4.69, 9.17) is 5.73 Å². The first-order valence-corrected chi connectivity index (χ1v) is 6.38. The third-order valence-electron chi connectivity index (χ3n) is 2.18. The lowest BCUT2D eigenvalue weighted by atomic mass is 10.1. The number of nitrogens with zero attached hydrogens (tertiary/aromatic N) is 1. The zero-order valence-corrected chi connectivity index (χ0v) is 10.7. The van der Waals surface area contributed by atoms with Crippen molar-refractivity contribution in [2.45, 2.75) is 23.7 Å². The summed E-state index contributed by atoms with van der Waals surface area (Å²) in [7, 11) is 1.73. The number of likely N-dealkylation sites (N-methyl/N-ethyl adjacent to an activating group) is 1. The molecule has 0 aliphatic carbocycles. The molecule has 84 valence electrons. The summed E-state index contributed by atoms with van der Waals surface area (Å²) in [6, 6.07) is 0. The Morgan fingerprint density at radius 1 is 1.80 bits per heavy atom. The summed E-state index contributed by atoms with van der Waals surface area (Å²) >= 11 is 3.13. The first kappa shape index (κ1) is 12.5. The van der Waals surface area contributed by atoms with Crippen molar-refractivity contribution < 1.29 is 4.79 Å². The molecule has 0 aromatic carbocycles. The largest absolute Gasteiger partial charge is 0.368 e. The number of carbonyl (C=O) groups is 1. The van der Waals surface area contributed by atoms with Crippen LogP contribution in [-0.4, -0.2) is 29.2 Å². The summed E-state index contributed by atoms with van der Waals surface area (Å²) < 4.78 is 0.968. The summed E-state index contributed by atoms with van der Waals surface area (Å²) in [5, 5.41) is 4.93. The van der Waals surface area contributed by atoms with Crippen LogP contribution in [0.3, 0.4) is 0 Å². The monoisotopic (exact) mass is 245 g/mol. The van der Waals surface area contributed by atoms with Crippen LogP contribution in [-0.2, 0) is 4.79 Å². The molecule has 4 nitrogen and oxygen atoms in total. The molecule has 1 heterocycles. The maximum absolute atomic E-state index is 11.2. The fourth-order valence-corrected chi connectivity index (χ4v) is 2.89. The summed E-state index contributed by atoms with van der Waals surface area (Å²) in [4.78, 5) is 15.5. The molecule has 0 fully saturated rings. The summed E-state index contributed by atoms with van der Waals surface area (Å²) in [5.41, 5.74) is 5.65. The highest BCUT2D eigenvalue weighted by Gasteiger charge is 2.29. The van der Waals surface area contributed by atoms with Crippen LogP contribution in [0.1, 0.15) is 12.6 Å². The van der Waals surface area contributed by atoms with Gasteiger partial charge in [-0.1, -0.05) is 11.8 Å². The van der Waals surface area contributed by atoms with Gasteiger partial charge < -0.3 is 11.1 Å². The molecule has 1 unspecified atom stereocenters. The molecule has 15 heavy (non-hydrogen) atoms. The number of carbonyl (C=O) groups excluding carboxylic acids is 1. The number of primary amides is 1. The van der Waals surface area contributed by atoms with Gasteiger partial charge in [-0.25, -0.2) is 4.98 Å². The van der Waals surface area contributed by atoms with Crippen molar-refractivity contribution >= 4 is 29.0 Å². The highest BCUT2D eigenvalue weighted by Crippen LogP contribution is 2.25. The molecule has 0 spiro atoms. The normalized spacial score (nSPS) is 14.9. The van der Waals surface area contributed by atoms with E-state index in [-0.39, 0.29) is 5.91 Å². The van der Waals surface area contributed by atoms with Crippen molar-refractivity contribution in [1.82, 2.24) is 10.3 Å². The van der Waals surface area contributed by atoms with Gasteiger partial charge in [0.25, 0.3) is 0 Å². The lowest BCUT2D eigenvalue weighted by Crippen LogP contribution is -2.53. The predicted molar refractivity (Wildman–Crippen MR) is 64.2 cm³/mol. The van der Waals surface area contributed by atoms with Gasteiger partial charge >= 0.3 is 0 Å². The molecule has 0 saturated carbocycles. The van der Waals surface area contributed by atoms with Crippen LogP contribution in [0.15, 0.2) is 9.72 Å². The zero-order valence-electron chi connectivity index (χ0n) is 9.03. The molecule has 0 bridgehead atoms. The molecule has 1 aromatic rings. The number of rotatable bonds is 5. The molecule has 1 atom stereocenters. The number of hydrogen-bond acceptors (Lipinski definition) is 5. The number of thiazole rings is 1. The van der Waals surface area contributed by atoms with Gasteiger partial charge in [0.1, 0.15) is 9.88 Å². The minimum Gasteiger partial charge on any atom is -0.368 e. The van der Waals surface area contributed by atoms with Gasteiger partial charge in [-0.15, -0.1) is 11.3 Å². The van der Waals surface area contributed by atoms with Crippen molar-refractivity contribution in [3.63, 3.8) is 0 Å². The Balaban J connectivity index is 2.59. The first-order valence-electron chi connectivity index (χ1n) is 4.51. The Bertz CT molecular complexity index is 353. The van der Waals surface area contributed by atoms with Crippen LogP contribution in [0.25, 0.3) is 0 Å². The van der Waals surface area contributed by atoms with E-state index < -0.39 is 5.54 Å². The molecule has 0 aliphatic heterocycles. The molecular formula is C9H15N3OS2. The lowest BCUT2D eigenvalue weighted by molar-refractivity contribution is -0.122. The zero-order chi connectivity index (χ0) is 11.5. The highest BCUT2D eigenvalue weighted by atomic mass is 32.2. The molecule has 0 radical (unpaired) electrons. The fraction of sp³-hybridized carbons (Fsp3) is 0.556. The van der Waals surface area contributed by atoms with Crippen LogP contribution in [0, 0.1) is 6.92 Å². The topological polar surface area (TPSA) is 68.0 Å². The second kappa shape index (κ2) is 4.96. The van der Waals surface area contributed by atoms with E-state index in [9.17, 15) is 4.79 Å². The van der Waals surface area contributed by atoms with Crippen LogP contribution < -0.4 is 11.1 Å². The number of aryl methyl sites for hydroxylation is 1. The van der Waals surface area contributed by atoms with E-state index in [0.717, 1.165) is 10.0 Å². The van der Waals surface area contributed by atoms with E-state index in [2.05, 4.69) is 10.3 Å². The molecule has 0 aliphatic rings. The third-order valence-corrected chi connectivity index (χ3v) is 4.63. The Labute approximate surface area is 97.7 Å². The van der Waals surface area contributed by atoms with Gasteiger partial charge in [0.15, 0.2) is 0 Å². The van der Waals surface area contributed by atoms with Crippen LogP contribution in [0.2, 0.25) is 0 Å². The van der Waals surface area contributed by atoms with Gasteiger partial charge in [0.05, 0.1) is 0 Å². The number of nitrogens with one attached hydrogen (secondary N) is 1. The number of aromatic nitrogens is 1. The van der Waals surface area contributed by atoms with E-state index in [1.807, 2.05) is 12.3 Å². The maximum atomic E-state index is 11.2. The van der Waals surface area contributed by atoms with Gasteiger partial charge in [-0.05, 0) is 20.9 Å². The summed E-state index contributed by atoms with van der Waals surface area (Å²) in [5.74, 6) is 0.247. The molecule has 1 aromatic heterocycles. The number of hydrogen-bond donors (Lipinski definition) is 2. The molecule has 0 saturated heterocycles. The van der Waals surface area contributed by atoms with Crippen molar-refractivity contribution in [1.29, 1.82) is 0 Å². The molecule has 1 rings (SSSR count). The van der Waals surface area contributed by atoms with Crippen LogP contribution in [0.5, 0.6) is 0 Å². The highest BCUT2D eigenvalue weighted by molar-refractivity contribution is 8.01. The molecule has 6 heteroatoms. The van der Waals surface area contributed by atoms with Gasteiger partial charge in [0, 0.05) is 16.8 Å². The molecule has 1 amide bonds. The quantitative estimate of drug-likeness (QED) is 0.760. The van der Waals surface area contributed by atoms with Gasteiger partial charge in [-0.2, -0.15) is 0 Å².